The van der Waals surface area contributed by atoms with Crippen molar-refractivity contribution in [2.45, 2.75) is 13.0 Å². The van der Waals surface area contributed by atoms with Crippen molar-refractivity contribution in [1.82, 2.24) is 0 Å². The summed E-state index contributed by atoms with van der Waals surface area (Å²) in [6.45, 7) is 2.61. The molecule has 4 N–H and O–H groups in total. The molecule has 5 nitrogen and oxygen atoms in total. The van der Waals surface area contributed by atoms with Crippen LogP contribution in [-0.2, 0) is 4.79 Å². The first-order valence-electron chi connectivity index (χ1n) is 5.09. The number of carbonyl (C=O) groups is 1. The molecule has 0 fully saturated rings. The molecule has 0 spiro atoms. The molecule has 1 rings (SSSR count). The van der Waals surface area contributed by atoms with Crippen molar-refractivity contribution in [2.75, 3.05) is 18.5 Å². The number of nitrogens with two attached hydrogens (primary N) is 1. The number of anilines is 1. The third-order valence-electron chi connectivity index (χ3n) is 2.02. The number of hydrogen-bond acceptors (Lipinski definition) is 4. The van der Waals surface area contributed by atoms with E-state index in [4.69, 9.17) is 15.6 Å². The first kappa shape index (κ1) is 12.3. The van der Waals surface area contributed by atoms with Crippen molar-refractivity contribution in [3.63, 3.8) is 0 Å². The SMILES string of the molecule is CCOc1ccccc1NCC(N)C(=O)O. The number of ether oxygens (including phenoxy) is 1. The molecule has 0 bridgehead atoms. The van der Waals surface area contributed by atoms with Crippen molar-refractivity contribution in [3.8, 4) is 5.75 Å². The monoisotopic (exact) mass is 224 g/mol. The van der Waals surface area contributed by atoms with Gasteiger partial charge in [-0.15, -0.1) is 0 Å². The van der Waals surface area contributed by atoms with Gasteiger partial charge in [0.2, 0.25) is 0 Å². The number of carboxylic acid groups (broad SMARTS) is 1. The van der Waals surface area contributed by atoms with Crippen LogP contribution in [0.3, 0.4) is 0 Å². The zero-order chi connectivity index (χ0) is 12.0. The summed E-state index contributed by atoms with van der Waals surface area (Å²) in [4.78, 5) is 10.5. The predicted octanol–water partition coefficient (Wildman–Crippen LogP) is 0.909. The summed E-state index contributed by atoms with van der Waals surface area (Å²) in [5.41, 5.74) is 6.14. The average molecular weight is 224 g/mol. The highest BCUT2D eigenvalue weighted by Crippen LogP contribution is 2.23. The third-order valence-corrected chi connectivity index (χ3v) is 2.02. The van der Waals surface area contributed by atoms with Gasteiger partial charge in [0.1, 0.15) is 11.8 Å². The molecule has 1 aromatic carbocycles. The maximum Gasteiger partial charge on any atom is 0.322 e. The van der Waals surface area contributed by atoms with Crippen molar-refractivity contribution in [2.24, 2.45) is 5.73 Å². The second-order valence-corrected chi connectivity index (χ2v) is 3.25. The van der Waals surface area contributed by atoms with Crippen molar-refractivity contribution in [3.05, 3.63) is 24.3 Å². The lowest BCUT2D eigenvalue weighted by molar-refractivity contribution is -0.138. The van der Waals surface area contributed by atoms with E-state index in [0.717, 1.165) is 5.69 Å². The van der Waals surface area contributed by atoms with E-state index in [1.54, 1.807) is 0 Å². The third kappa shape index (κ3) is 3.43. The number of para-hydroxylation sites is 2. The standard InChI is InChI=1S/C11H16N2O3/c1-2-16-10-6-4-3-5-9(10)13-7-8(12)11(14)15/h3-6,8,13H,2,7,12H2,1H3,(H,14,15). The Labute approximate surface area is 94.2 Å². The lowest BCUT2D eigenvalue weighted by Gasteiger charge is -2.13. The van der Waals surface area contributed by atoms with Gasteiger partial charge in [0.25, 0.3) is 0 Å². The van der Waals surface area contributed by atoms with Gasteiger partial charge in [-0.05, 0) is 19.1 Å². The molecule has 1 atom stereocenters. The molecule has 88 valence electrons. The van der Waals surface area contributed by atoms with Crippen LogP contribution in [0.4, 0.5) is 5.69 Å². The van der Waals surface area contributed by atoms with Gasteiger partial charge in [-0.25, -0.2) is 0 Å². The van der Waals surface area contributed by atoms with Gasteiger partial charge in [-0.3, -0.25) is 4.79 Å². The molecule has 16 heavy (non-hydrogen) atoms. The summed E-state index contributed by atoms with van der Waals surface area (Å²) in [5.74, 6) is -0.330. The Kier molecular flexibility index (Phi) is 4.60. The second kappa shape index (κ2) is 5.97. The van der Waals surface area contributed by atoms with Crippen molar-refractivity contribution in [1.29, 1.82) is 0 Å². The first-order chi connectivity index (χ1) is 7.65. The van der Waals surface area contributed by atoms with E-state index in [1.165, 1.54) is 0 Å². The summed E-state index contributed by atoms with van der Waals surface area (Å²) < 4.78 is 5.38. The molecular weight excluding hydrogens is 208 g/mol. The highest BCUT2D eigenvalue weighted by Gasteiger charge is 2.11. The molecular formula is C11H16N2O3. The minimum absolute atomic E-state index is 0.166. The smallest absolute Gasteiger partial charge is 0.322 e. The molecule has 0 aliphatic carbocycles. The molecule has 1 aromatic rings. The fraction of sp³-hybridized carbons (Fsp3) is 0.364. The summed E-state index contributed by atoms with van der Waals surface area (Å²) >= 11 is 0. The number of nitrogens with one attached hydrogen (secondary N) is 1. The minimum atomic E-state index is -1.03. The van der Waals surface area contributed by atoms with Gasteiger partial charge < -0.3 is 20.9 Å². The van der Waals surface area contributed by atoms with Gasteiger partial charge in [0.15, 0.2) is 0 Å². The maximum absolute atomic E-state index is 10.5. The number of benzene rings is 1. The van der Waals surface area contributed by atoms with E-state index in [2.05, 4.69) is 5.32 Å². The van der Waals surface area contributed by atoms with Crippen LogP contribution in [-0.4, -0.2) is 30.3 Å². The highest BCUT2D eigenvalue weighted by atomic mass is 16.5. The van der Waals surface area contributed by atoms with E-state index in [-0.39, 0.29) is 6.54 Å². The zero-order valence-corrected chi connectivity index (χ0v) is 9.14. The van der Waals surface area contributed by atoms with E-state index in [0.29, 0.717) is 12.4 Å². The van der Waals surface area contributed by atoms with Gasteiger partial charge in [-0.1, -0.05) is 12.1 Å². The maximum atomic E-state index is 10.5. The molecule has 5 heteroatoms. The quantitative estimate of drug-likeness (QED) is 0.668. The lowest BCUT2D eigenvalue weighted by atomic mass is 10.2. The molecule has 0 aromatic heterocycles. The van der Waals surface area contributed by atoms with Crippen LogP contribution in [0.15, 0.2) is 24.3 Å². The van der Waals surface area contributed by atoms with Gasteiger partial charge in [0, 0.05) is 6.54 Å². The highest BCUT2D eigenvalue weighted by molar-refractivity contribution is 5.74. The number of rotatable bonds is 6. The van der Waals surface area contributed by atoms with E-state index in [9.17, 15) is 4.79 Å². The van der Waals surface area contributed by atoms with Gasteiger partial charge in [0.05, 0.1) is 12.3 Å². The largest absolute Gasteiger partial charge is 0.492 e. The van der Waals surface area contributed by atoms with E-state index < -0.39 is 12.0 Å². The molecule has 0 radical (unpaired) electrons. The van der Waals surface area contributed by atoms with Crippen LogP contribution in [0.1, 0.15) is 6.92 Å². The number of aliphatic carboxylic acids is 1. The minimum Gasteiger partial charge on any atom is -0.492 e. The Morgan fingerprint density at radius 1 is 1.56 bits per heavy atom. The zero-order valence-electron chi connectivity index (χ0n) is 9.14. The van der Waals surface area contributed by atoms with Crippen LogP contribution in [0.5, 0.6) is 5.75 Å². The Hall–Kier alpha value is -1.75. The molecule has 0 aliphatic rings. The van der Waals surface area contributed by atoms with Crippen LogP contribution < -0.4 is 15.8 Å². The Morgan fingerprint density at radius 3 is 2.88 bits per heavy atom. The normalized spacial score (nSPS) is 11.9. The lowest BCUT2D eigenvalue weighted by Crippen LogP contribution is -2.37. The summed E-state index contributed by atoms with van der Waals surface area (Å²) in [5, 5.41) is 11.6. The van der Waals surface area contributed by atoms with Crippen molar-refractivity contribution >= 4 is 11.7 Å². The molecule has 1 unspecified atom stereocenters. The van der Waals surface area contributed by atoms with Crippen LogP contribution in [0.25, 0.3) is 0 Å². The summed E-state index contributed by atoms with van der Waals surface area (Å²) in [6, 6.07) is 6.41. The van der Waals surface area contributed by atoms with Gasteiger partial charge >= 0.3 is 5.97 Å². The van der Waals surface area contributed by atoms with Crippen LogP contribution >= 0.6 is 0 Å². The number of hydrogen-bond donors (Lipinski definition) is 3. The first-order valence-corrected chi connectivity index (χ1v) is 5.09. The Bertz CT molecular complexity index is 355. The molecule has 0 heterocycles. The van der Waals surface area contributed by atoms with Crippen LogP contribution in [0.2, 0.25) is 0 Å². The van der Waals surface area contributed by atoms with Crippen molar-refractivity contribution < 1.29 is 14.6 Å². The Balaban J connectivity index is 2.62. The average Bonchev–Trinajstić information content (AvgIpc) is 2.27. The molecule has 0 amide bonds. The second-order valence-electron chi connectivity index (χ2n) is 3.25. The topological polar surface area (TPSA) is 84.6 Å². The van der Waals surface area contributed by atoms with Crippen LogP contribution in [0, 0.1) is 0 Å². The van der Waals surface area contributed by atoms with E-state index >= 15 is 0 Å². The molecule has 0 saturated carbocycles. The summed E-state index contributed by atoms with van der Waals surface area (Å²) in [7, 11) is 0. The summed E-state index contributed by atoms with van der Waals surface area (Å²) in [6.07, 6.45) is 0. The Morgan fingerprint density at radius 2 is 2.25 bits per heavy atom. The fourth-order valence-corrected chi connectivity index (χ4v) is 1.20. The number of carboxylic acids is 1. The fourth-order valence-electron chi connectivity index (χ4n) is 1.20. The molecule has 0 aliphatic heterocycles. The van der Waals surface area contributed by atoms with Gasteiger partial charge in [-0.2, -0.15) is 0 Å². The van der Waals surface area contributed by atoms with E-state index in [1.807, 2.05) is 31.2 Å². The molecule has 0 saturated heterocycles. The predicted molar refractivity (Wildman–Crippen MR) is 61.7 cm³/mol.